The van der Waals surface area contributed by atoms with E-state index in [-0.39, 0.29) is 0 Å². The fourth-order valence-corrected chi connectivity index (χ4v) is 1.36. The Labute approximate surface area is 82.2 Å². The summed E-state index contributed by atoms with van der Waals surface area (Å²) >= 11 is 0. The molecule has 0 aliphatic rings. The van der Waals surface area contributed by atoms with Crippen molar-refractivity contribution in [3.05, 3.63) is 42.6 Å². The molecule has 0 fully saturated rings. The minimum absolute atomic E-state index is 0.406. The van der Waals surface area contributed by atoms with E-state index in [2.05, 4.69) is 4.98 Å². The number of hydrogen-bond donors (Lipinski definition) is 3. The maximum Gasteiger partial charge on any atom is 0.505 e. The van der Waals surface area contributed by atoms with E-state index in [0.717, 1.165) is 11.1 Å². The topological polar surface area (TPSA) is 56.2 Å². The van der Waals surface area contributed by atoms with E-state index >= 15 is 0 Å². The van der Waals surface area contributed by atoms with E-state index in [1.165, 1.54) is 0 Å². The SMILES string of the molecule is OB(O)c1cc(-c2ccccc2)c[nH]1. The van der Waals surface area contributed by atoms with Gasteiger partial charge in [0.15, 0.2) is 0 Å². The predicted octanol–water partition coefficient (Wildman–Crippen LogP) is 0.361. The first-order chi connectivity index (χ1) is 6.77. The van der Waals surface area contributed by atoms with Gasteiger partial charge in [-0.2, -0.15) is 0 Å². The Kier molecular flexibility index (Phi) is 2.39. The second-order valence-corrected chi connectivity index (χ2v) is 3.08. The minimum atomic E-state index is -1.44. The third-order valence-electron chi connectivity index (χ3n) is 2.09. The molecule has 3 nitrogen and oxygen atoms in total. The van der Waals surface area contributed by atoms with Gasteiger partial charge < -0.3 is 15.0 Å². The molecule has 1 aromatic heterocycles. The molecule has 0 atom stereocenters. The van der Waals surface area contributed by atoms with Gasteiger partial charge >= 0.3 is 7.12 Å². The molecule has 0 amide bonds. The number of aromatic nitrogens is 1. The van der Waals surface area contributed by atoms with Crippen molar-refractivity contribution in [3.63, 3.8) is 0 Å². The summed E-state index contributed by atoms with van der Waals surface area (Å²) in [6.07, 6.45) is 1.75. The van der Waals surface area contributed by atoms with E-state index in [9.17, 15) is 0 Å². The molecule has 0 saturated heterocycles. The lowest BCUT2D eigenvalue weighted by molar-refractivity contribution is 0.424. The Bertz CT molecular complexity index is 411. The molecule has 0 aliphatic heterocycles. The van der Waals surface area contributed by atoms with Crippen LogP contribution in [0, 0.1) is 0 Å². The summed E-state index contributed by atoms with van der Waals surface area (Å²) in [6, 6.07) is 11.5. The molecule has 3 N–H and O–H groups in total. The molecule has 1 aromatic carbocycles. The fourth-order valence-electron chi connectivity index (χ4n) is 1.36. The highest BCUT2D eigenvalue weighted by atomic mass is 16.4. The van der Waals surface area contributed by atoms with Gasteiger partial charge in [0.25, 0.3) is 0 Å². The molecule has 14 heavy (non-hydrogen) atoms. The summed E-state index contributed by atoms with van der Waals surface area (Å²) in [5.74, 6) is 0. The van der Waals surface area contributed by atoms with Gasteiger partial charge in [0.2, 0.25) is 0 Å². The van der Waals surface area contributed by atoms with Crippen molar-refractivity contribution in [2.24, 2.45) is 0 Å². The summed E-state index contributed by atoms with van der Waals surface area (Å²) in [7, 11) is -1.44. The number of nitrogens with one attached hydrogen (secondary N) is 1. The van der Waals surface area contributed by atoms with Gasteiger partial charge in [-0.15, -0.1) is 0 Å². The third kappa shape index (κ3) is 1.71. The first-order valence-corrected chi connectivity index (χ1v) is 4.37. The molecule has 0 saturated carbocycles. The first-order valence-electron chi connectivity index (χ1n) is 4.37. The second kappa shape index (κ2) is 3.70. The number of benzene rings is 1. The third-order valence-corrected chi connectivity index (χ3v) is 2.09. The Morgan fingerprint density at radius 3 is 2.29 bits per heavy atom. The number of hydrogen-bond acceptors (Lipinski definition) is 2. The van der Waals surface area contributed by atoms with Gasteiger partial charge in [0, 0.05) is 11.8 Å². The van der Waals surface area contributed by atoms with Crippen molar-refractivity contribution in [2.75, 3.05) is 0 Å². The molecule has 70 valence electrons. The highest BCUT2D eigenvalue weighted by Crippen LogP contribution is 2.16. The molecule has 0 spiro atoms. The van der Waals surface area contributed by atoms with Crippen molar-refractivity contribution >= 4 is 12.7 Å². The van der Waals surface area contributed by atoms with E-state index < -0.39 is 7.12 Å². The van der Waals surface area contributed by atoms with Crippen LogP contribution in [0.2, 0.25) is 0 Å². The van der Waals surface area contributed by atoms with E-state index in [1.807, 2.05) is 30.3 Å². The van der Waals surface area contributed by atoms with Crippen molar-refractivity contribution in [3.8, 4) is 11.1 Å². The summed E-state index contributed by atoms with van der Waals surface area (Å²) in [5, 5.41) is 17.8. The first kappa shape index (κ1) is 9.06. The van der Waals surface area contributed by atoms with Gasteiger partial charge in [0.1, 0.15) is 0 Å². The molecule has 1 heterocycles. The van der Waals surface area contributed by atoms with E-state index in [4.69, 9.17) is 10.0 Å². The monoisotopic (exact) mass is 187 g/mol. The van der Waals surface area contributed by atoms with Crippen LogP contribution >= 0.6 is 0 Å². The van der Waals surface area contributed by atoms with Crippen molar-refractivity contribution < 1.29 is 10.0 Å². The van der Waals surface area contributed by atoms with Crippen LogP contribution in [-0.4, -0.2) is 22.2 Å². The van der Waals surface area contributed by atoms with Gasteiger partial charge in [0.05, 0.1) is 0 Å². The molecule has 0 unspecified atom stereocenters. The van der Waals surface area contributed by atoms with Gasteiger partial charge in [-0.3, -0.25) is 0 Å². The summed E-state index contributed by atoms with van der Waals surface area (Å²) in [6.45, 7) is 0. The lowest BCUT2D eigenvalue weighted by Crippen LogP contribution is -2.30. The van der Waals surface area contributed by atoms with Crippen molar-refractivity contribution in [1.29, 1.82) is 0 Å². The van der Waals surface area contributed by atoms with E-state index in [1.54, 1.807) is 12.3 Å². The van der Waals surface area contributed by atoms with Crippen LogP contribution in [0.25, 0.3) is 11.1 Å². The zero-order valence-electron chi connectivity index (χ0n) is 7.51. The van der Waals surface area contributed by atoms with Gasteiger partial charge in [-0.1, -0.05) is 30.3 Å². The minimum Gasteiger partial charge on any atom is -0.422 e. The van der Waals surface area contributed by atoms with Crippen LogP contribution in [0.15, 0.2) is 42.6 Å². The normalized spacial score (nSPS) is 10.1. The highest BCUT2D eigenvalue weighted by molar-refractivity contribution is 6.57. The van der Waals surface area contributed by atoms with E-state index in [0.29, 0.717) is 5.59 Å². The average molecular weight is 187 g/mol. The highest BCUT2D eigenvalue weighted by Gasteiger charge is 2.13. The molecule has 0 aliphatic carbocycles. The molecule has 0 radical (unpaired) electrons. The summed E-state index contributed by atoms with van der Waals surface area (Å²) in [5.41, 5.74) is 2.41. The zero-order chi connectivity index (χ0) is 9.97. The van der Waals surface area contributed by atoms with Gasteiger partial charge in [-0.25, -0.2) is 0 Å². The van der Waals surface area contributed by atoms with Crippen LogP contribution in [0.5, 0.6) is 0 Å². The Morgan fingerprint density at radius 2 is 1.71 bits per heavy atom. The standard InChI is InChI=1S/C10H10BNO2/c13-11(14)10-6-9(7-12-10)8-4-2-1-3-5-8/h1-7,12-14H. The van der Waals surface area contributed by atoms with Crippen molar-refractivity contribution in [2.45, 2.75) is 0 Å². The molecule has 2 rings (SSSR count). The maximum absolute atomic E-state index is 8.91. The summed E-state index contributed by atoms with van der Waals surface area (Å²) in [4.78, 5) is 2.80. The average Bonchev–Trinajstić information content (AvgIpc) is 2.68. The summed E-state index contributed by atoms with van der Waals surface area (Å²) < 4.78 is 0. The smallest absolute Gasteiger partial charge is 0.422 e. The lowest BCUT2D eigenvalue weighted by atomic mass is 9.86. The Balaban J connectivity index is 2.34. The Morgan fingerprint density at radius 1 is 1.00 bits per heavy atom. The van der Waals surface area contributed by atoms with Crippen LogP contribution in [0.4, 0.5) is 0 Å². The van der Waals surface area contributed by atoms with Crippen LogP contribution in [0.1, 0.15) is 0 Å². The quantitative estimate of drug-likeness (QED) is 0.594. The second-order valence-electron chi connectivity index (χ2n) is 3.08. The van der Waals surface area contributed by atoms with Gasteiger partial charge in [-0.05, 0) is 17.2 Å². The predicted molar refractivity (Wildman–Crippen MR) is 56.1 cm³/mol. The van der Waals surface area contributed by atoms with Crippen LogP contribution in [0.3, 0.4) is 0 Å². The zero-order valence-corrected chi connectivity index (χ0v) is 7.51. The number of aromatic amines is 1. The molecular formula is C10H10BNO2. The molecule has 0 bridgehead atoms. The Hall–Kier alpha value is -1.52. The van der Waals surface area contributed by atoms with Crippen LogP contribution < -0.4 is 5.59 Å². The largest absolute Gasteiger partial charge is 0.505 e. The van der Waals surface area contributed by atoms with Crippen LogP contribution in [-0.2, 0) is 0 Å². The molecule has 4 heteroatoms. The number of rotatable bonds is 2. The fraction of sp³-hybridized carbons (Fsp3) is 0. The number of H-pyrrole nitrogens is 1. The lowest BCUT2D eigenvalue weighted by Gasteiger charge is -1.94. The molecular weight excluding hydrogens is 177 g/mol. The maximum atomic E-state index is 8.91. The van der Waals surface area contributed by atoms with Crippen molar-refractivity contribution in [1.82, 2.24) is 4.98 Å². The molecule has 2 aromatic rings.